The van der Waals surface area contributed by atoms with E-state index in [1.807, 2.05) is 42.5 Å². The highest BCUT2D eigenvalue weighted by Gasteiger charge is 2.13. The molecule has 1 unspecified atom stereocenters. The van der Waals surface area contributed by atoms with E-state index in [0.29, 0.717) is 0 Å². The van der Waals surface area contributed by atoms with Gasteiger partial charge in [0.2, 0.25) is 0 Å². The van der Waals surface area contributed by atoms with Crippen LogP contribution < -0.4 is 0 Å². The van der Waals surface area contributed by atoms with E-state index in [1.54, 1.807) is 0 Å². The van der Waals surface area contributed by atoms with Crippen LogP contribution in [0.4, 0.5) is 0 Å². The van der Waals surface area contributed by atoms with Crippen LogP contribution in [0.15, 0.2) is 144 Å². The number of nitrogens with zero attached hydrogens (tertiary/aromatic N) is 1. The average Bonchev–Trinajstić information content (AvgIpc) is 3.14. The topological polar surface area (TPSA) is 12.4 Å². The molecule has 51 heavy (non-hydrogen) atoms. The van der Waals surface area contributed by atoms with E-state index in [2.05, 4.69) is 180 Å². The first-order valence-corrected chi connectivity index (χ1v) is 18.8. The van der Waals surface area contributed by atoms with E-state index in [4.69, 9.17) is 0 Å². The largest absolute Gasteiger partial charge is 0.282 e. The maximum atomic E-state index is 4.67. The molecule has 0 aliphatic heterocycles. The molecule has 0 saturated heterocycles. The van der Waals surface area contributed by atoms with Crippen molar-refractivity contribution in [2.45, 2.75) is 109 Å². The Morgan fingerprint density at radius 2 is 1.25 bits per heavy atom. The van der Waals surface area contributed by atoms with Gasteiger partial charge in [-0.3, -0.25) is 4.99 Å². The quantitative estimate of drug-likeness (QED) is 0.0947. The zero-order valence-electron chi connectivity index (χ0n) is 34.3. The molecule has 0 bridgehead atoms. The summed E-state index contributed by atoms with van der Waals surface area (Å²) >= 11 is 0. The SMILES string of the molecule is C/C=C(\C)C(C)N=C(C)c1ccccc1.C=C/C(=C(\C=C/C)CC)c1ccc(-c2ccccc2C)c(C)c1C.CCC(C)C.Cc1ccccc1. The van der Waals surface area contributed by atoms with Crippen LogP contribution in [0.1, 0.15) is 109 Å². The molecule has 1 atom stereocenters. The number of benzene rings is 4. The number of allylic oxidation sites excluding steroid dienone is 6. The Kier molecular flexibility index (Phi) is 21.5. The summed E-state index contributed by atoms with van der Waals surface area (Å²) in [7, 11) is 0. The highest BCUT2D eigenvalue weighted by molar-refractivity contribution is 5.98. The Labute approximate surface area is 313 Å². The summed E-state index contributed by atoms with van der Waals surface area (Å²) in [5.74, 6) is 0.884. The summed E-state index contributed by atoms with van der Waals surface area (Å²) in [5, 5.41) is 0. The smallest absolute Gasteiger partial charge is 0.0681 e. The first kappa shape index (κ1) is 44.5. The fourth-order valence-electron chi connectivity index (χ4n) is 5.21. The van der Waals surface area contributed by atoms with E-state index < -0.39 is 0 Å². The molecule has 0 aromatic heterocycles. The van der Waals surface area contributed by atoms with Crippen molar-refractivity contribution in [3.05, 3.63) is 172 Å². The number of rotatable bonds is 9. The molecule has 0 radical (unpaired) electrons. The van der Waals surface area contributed by atoms with Crippen molar-refractivity contribution in [2.24, 2.45) is 10.9 Å². The molecule has 0 saturated carbocycles. The van der Waals surface area contributed by atoms with Gasteiger partial charge >= 0.3 is 0 Å². The summed E-state index contributed by atoms with van der Waals surface area (Å²) in [6, 6.07) is 33.9. The molecule has 0 heterocycles. The van der Waals surface area contributed by atoms with Gasteiger partial charge in [-0.2, -0.15) is 0 Å². The van der Waals surface area contributed by atoms with Crippen molar-refractivity contribution in [3.63, 3.8) is 0 Å². The predicted molar refractivity (Wildman–Crippen MR) is 232 cm³/mol. The minimum absolute atomic E-state index is 0.273. The normalized spacial score (nSPS) is 12.4. The number of hydrogen-bond acceptors (Lipinski definition) is 1. The first-order valence-electron chi connectivity index (χ1n) is 18.8. The van der Waals surface area contributed by atoms with Crippen molar-refractivity contribution < 1.29 is 0 Å². The monoisotopic (exact) mass is 682 g/mol. The molecule has 4 rings (SSSR count). The molecular weight excluding hydrogens is 615 g/mol. The minimum Gasteiger partial charge on any atom is -0.282 e. The molecule has 0 aliphatic carbocycles. The fraction of sp³-hybridized carbons (Fsp3) is 0.340. The molecule has 1 heteroatoms. The first-order chi connectivity index (χ1) is 24.4. The lowest BCUT2D eigenvalue weighted by Crippen LogP contribution is -2.05. The zero-order chi connectivity index (χ0) is 38.3. The Morgan fingerprint density at radius 1 is 0.706 bits per heavy atom. The molecule has 0 aliphatic rings. The summed E-state index contributed by atoms with van der Waals surface area (Å²) in [5.41, 5.74) is 15.4. The van der Waals surface area contributed by atoms with E-state index in [9.17, 15) is 0 Å². The Morgan fingerprint density at radius 3 is 1.71 bits per heavy atom. The summed E-state index contributed by atoms with van der Waals surface area (Å²) in [4.78, 5) is 4.67. The summed E-state index contributed by atoms with van der Waals surface area (Å²) in [6.45, 7) is 32.0. The molecule has 0 fully saturated rings. The molecule has 0 N–H and O–H groups in total. The van der Waals surface area contributed by atoms with Gasteiger partial charge in [0, 0.05) is 5.71 Å². The van der Waals surface area contributed by atoms with Gasteiger partial charge in [0.15, 0.2) is 0 Å². The van der Waals surface area contributed by atoms with Crippen molar-refractivity contribution in [2.75, 3.05) is 0 Å². The van der Waals surface area contributed by atoms with Gasteiger partial charge in [0.25, 0.3) is 0 Å². The van der Waals surface area contributed by atoms with Crippen LogP contribution in [0.3, 0.4) is 0 Å². The third-order valence-electron chi connectivity index (χ3n) is 9.26. The van der Waals surface area contributed by atoms with Crippen LogP contribution in [-0.4, -0.2) is 11.8 Å². The second-order valence-corrected chi connectivity index (χ2v) is 13.5. The maximum Gasteiger partial charge on any atom is 0.0681 e. The van der Waals surface area contributed by atoms with E-state index in [0.717, 1.165) is 18.1 Å². The van der Waals surface area contributed by atoms with Gasteiger partial charge in [-0.15, -0.1) is 0 Å². The maximum absolute atomic E-state index is 4.67. The number of hydrogen-bond donors (Lipinski definition) is 0. The molecule has 1 nitrogen and oxygen atoms in total. The van der Waals surface area contributed by atoms with E-state index in [1.165, 1.54) is 67.6 Å². The lowest BCUT2D eigenvalue weighted by atomic mass is 9.87. The van der Waals surface area contributed by atoms with Gasteiger partial charge in [-0.25, -0.2) is 0 Å². The van der Waals surface area contributed by atoms with Crippen LogP contribution in [0.2, 0.25) is 0 Å². The molecule has 0 spiro atoms. The Balaban J connectivity index is 0.000000405. The van der Waals surface area contributed by atoms with Crippen molar-refractivity contribution in [3.8, 4) is 11.1 Å². The second kappa shape index (κ2) is 24.6. The van der Waals surface area contributed by atoms with Crippen molar-refractivity contribution in [1.82, 2.24) is 0 Å². The lowest BCUT2D eigenvalue weighted by molar-refractivity contribution is 0.626. The third-order valence-corrected chi connectivity index (χ3v) is 9.26. The van der Waals surface area contributed by atoms with Crippen LogP contribution in [0, 0.1) is 33.6 Å². The van der Waals surface area contributed by atoms with Crippen molar-refractivity contribution >= 4 is 11.3 Å². The van der Waals surface area contributed by atoms with Crippen LogP contribution in [-0.2, 0) is 0 Å². The van der Waals surface area contributed by atoms with Crippen LogP contribution in [0.25, 0.3) is 16.7 Å². The Bertz CT molecular complexity index is 1710. The average molecular weight is 682 g/mol. The second-order valence-electron chi connectivity index (χ2n) is 13.5. The minimum atomic E-state index is 0.273. The third kappa shape index (κ3) is 15.5. The standard InChI is InChI=1S/C24H28.C14H19N.C7H8.C5H12/c1-7-12-20(8-2)21(9-3)23-15-16-24(19(6)18(23)5)22-14-11-10-13-17(22)4;1-5-11(2)12(3)15-13(4)14-9-7-6-8-10-14;1-7-5-3-2-4-6-7;1-4-5(2)3/h7,9-16H,3,8H2,1-2,4-6H3;5-10,12H,1-4H3;2-6H,1H3;5H,4H2,1-3H3/b12-7-,21-20+;11-5+,15-13?;;. The highest BCUT2D eigenvalue weighted by atomic mass is 14.8. The fourth-order valence-corrected chi connectivity index (χ4v) is 5.21. The highest BCUT2D eigenvalue weighted by Crippen LogP contribution is 2.34. The van der Waals surface area contributed by atoms with Crippen LogP contribution in [0.5, 0.6) is 0 Å². The molecule has 4 aromatic rings. The number of aryl methyl sites for hydroxylation is 2. The lowest BCUT2D eigenvalue weighted by Gasteiger charge is -2.17. The van der Waals surface area contributed by atoms with Gasteiger partial charge in [-0.1, -0.05) is 173 Å². The summed E-state index contributed by atoms with van der Waals surface area (Å²) in [6.07, 6.45) is 10.7. The van der Waals surface area contributed by atoms with E-state index in [-0.39, 0.29) is 6.04 Å². The molecule has 272 valence electrons. The van der Waals surface area contributed by atoms with Gasteiger partial charge < -0.3 is 0 Å². The summed E-state index contributed by atoms with van der Waals surface area (Å²) < 4.78 is 0. The number of aliphatic imine (C=N–C) groups is 1. The van der Waals surface area contributed by atoms with Gasteiger partial charge in [-0.05, 0) is 125 Å². The Hall–Kier alpha value is -4.49. The molecule has 4 aromatic carbocycles. The van der Waals surface area contributed by atoms with Gasteiger partial charge in [0.1, 0.15) is 0 Å². The van der Waals surface area contributed by atoms with E-state index >= 15 is 0 Å². The predicted octanol–water partition coefficient (Wildman–Crippen LogP) is 15.1. The molecular formula is C50H67N. The van der Waals surface area contributed by atoms with Crippen LogP contribution >= 0.6 is 0 Å². The van der Waals surface area contributed by atoms with Crippen molar-refractivity contribution in [1.29, 1.82) is 0 Å². The zero-order valence-corrected chi connectivity index (χ0v) is 34.3. The molecule has 0 amide bonds. The van der Waals surface area contributed by atoms with Gasteiger partial charge in [0.05, 0.1) is 6.04 Å².